The molecule has 2 atom stereocenters. The van der Waals surface area contributed by atoms with Gasteiger partial charge in [-0.1, -0.05) is 32.0 Å². The van der Waals surface area contributed by atoms with Crippen LogP contribution in [0.4, 0.5) is 0 Å². The number of carbonyl (C=O) groups excluding carboxylic acids is 2. The molecule has 0 aromatic rings. The summed E-state index contributed by atoms with van der Waals surface area (Å²) in [6.45, 7) is 2.96. The first-order valence-electron chi connectivity index (χ1n) is 7.09. The molecule has 1 aliphatic heterocycles. The second-order valence-corrected chi connectivity index (χ2v) is 6.41. The van der Waals surface area contributed by atoms with Crippen molar-refractivity contribution in [2.75, 3.05) is 20.2 Å². The molecule has 0 spiro atoms. The van der Waals surface area contributed by atoms with Gasteiger partial charge in [-0.15, -0.1) is 0 Å². The van der Waals surface area contributed by atoms with Crippen LogP contribution in [0.2, 0.25) is 0 Å². The number of esters is 1. The van der Waals surface area contributed by atoms with E-state index >= 15 is 0 Å². The van der Waals surface area contributed by atoms with Crippen LogP contribution in [0.3, 0.4) is 0 Å². The van der Waals surface area contributed by atoms with Gasteiger partial charge in [0.25, 0.3) is 0 Å². The molecule has 1 saturated carbocycles. The van der Waals surface area contributed by atoms with Gasteiger partial charge >= 0.3 is 5.97 Å². The smallest absolute Gasteiger partial charge is 0.310 e. The predicted molar refractivity (Wildman–Crippen MR) is 78.9 cm³/mol. The molecule has 2 unspecified atom stereocenters. The zero-order valence-corrected chi connectivity index (χ0v) is 12.9. The Morgan fingerprint density at radius 3 is 2.40 bits per heavy atom. The van der Waals surface area contributed by atoms with Crippen LogP contribution in [0.1, 0.15) is 32.6 Å². The number of nitrogens with two attached hydrogens (primary N) is 1. The molecule has 1 aliphatic carbocycles. The minimum Gasteiger partial charge on any atom is -0.469 e. The number of ether oxygens (including phenoxy) is 1. The zero-order chi connectivity index (χ0) is 14.9. The van der Waals surface area contributed by atoms with Crippen molar-refractivity contribution in [2.24, 2.45) is 23.0 Å². The van der Waals surface area contributed by atoms with Crippen molar-refractivity contribution in [3.8, 4) is 0 Å². The molecule has 1 saturated heterocycles. The third kappa shape index (κ3) is 2.41. The lowest BCUT2D eigenvalue weighted by Crippen LogP contribution is -2.48. The summed E-state index contributed by atoms with van der Waals surface area (Å²) in [5.74, 6) is -0.380. The molecule has 2 aliphatic rings. The highest BCUT2D eigenvalue weighted by atomic mass is 32.1. The molecule has 5 nitrogen and oxygen atoms in total. The van der Waals surface area contributed by atoms with E-state index in [1.807, 2.05) is 6.92 Å². The van der Waals surface area contributed by atoms with Gasteiger partial charge in [0, 0.05) is 13.1 Å². The third-order valence-corrected chi connectivity index (χ3v) is 5.13. The Morgan fingerprint density at radius 1 is 1.30 bits per heavy atom. The molecule has 0 radical (unpaired) electrons. The molecule has 2 fully saturated rings. The maximum absolute atomic E-state index is 12.8. The van der Waals surface area contributed by atoms with Crippen LogP contribution in [-0.4, -0.2) is 42.0 Å². The van der Waals surface area contributed by atoms with Gasteiger partial charge in [-0.05, 0) is 18.8 Å². The van der Waals surface area contributed by atoms with Crippen molar-refractivity contribution in [2.45, 2.75) is 32.6 Å². The molecule has 2 rings (SSSR count). The highest BCUT2D eigenvalue weighted by Crippen LogP contribution is 2.41. The molecule has 0 bridgehead atoms. The van der Waals surface area contributed by atoms with Crippen LogP contribution in [0.5, 0.6) is 0 Å². The van der Waals surface area contributed by atoms with Crippen molar-refractivity contribution in [1.82, 2.24) is 4.90 Å². The summed E-state index contributed by atoms with van der Waals surface area (Å²) in [6, 6.07) is 0. The van der Waals surface area contributed by atoms with Crippen molar-refractivity contribution in [1.29, 1.82) is 0 Å². The fraction of sp³-hybridized carbons (Fsp3) is 0.786. The summed E-state index contributed by atoms with van der Waals surface area (Å²) in [6.07, 6.45) is 3.42. The summed E-state index contributed by atoms with van der Waals surface area (Å²) in [4.78, 5) is 26.6. The van der Waals surface area contributed by atoms with E-state index in [1.54, 1.807) is 4.90 Å². The van der Waals surface area contributed by atoms with Crippen LogP contribution in [0.25, 0.3) is 0 Å². The predicted octanol–water partition coefficient (Wildman–Crippen LogP) is 1.10. The number of thiocarbonyl (C=S) groups is 1. The first-order chi connectivity index (χ1) is 9.42. The van der Waals surface area contributed by atoms with Crippen LogP contribution >= 0.6 is 12.2 Å². The van der Waals surface area contributed by atoms with E-state index in [4.69, 9.17) is 22.7 Å². The normalized spacial score (nSPS) is 28.4. The average molecular weight is 298 g/mol. The van der Waals surface area contributed by atoms with Crippen molar-refractivity contribution < 1.29 is 14.3 Å². The Hall–Kier alpha value is -1.17. The Morgan fingerprint density at radius 2 is 1.90 bits per heavy atom. The number of nitrogens with zero attached hydrogens (tertiary/aromatic N) is 1. The number of rotatable bonds is 3. The molecule has 112 valence electrons. The van der Waals surface area contributed by atoms with E-state index in [9.17, 15) is 9.59 Å². The van der Waals surface area contributed by atoms with Crippen LogP contribution in [0.15, 0.2) is 0 Å². The van der Waals surface area contributed by atoms with Crippen molar-refractivity contribution >= 4 is 29.1 Å². The lowest BCUT2D eigenvalue weighted by atomic mass is 9.84. The zero-order valence-electron chi connectivity index (χ0n) is 12.1. The quantitative estimate of drug-likeness (QED) is 0.624. The van der Waals surface area contributed by atoms with E-state index in [1.165, 1.54) is 7.11 Å². The Labute approximate surface area is 124 Å². The number of hydrogen-bond acceptors (Lipinski definition) is 4. The second-order valence-electron chi connectivity index (χ2n) is 5.97. The van der Waals surface area contributed by atoms with Crippen molar-refractivity contribution in [3.63, 3.8) is 0 Å². The minimum atomic E-state index is -0.680. The third-order valence-electron chi connectivity index (χ3n) is 4.74. The van der Waals surface area contributed by atoms with E-state index in [0.29, 0.717) is 18.1 Å². The summed E-state index contributed by atoms with van der Waals surface area (Å²) in [5, 5.41) is 0. The largest absolute Gasteiger partial charge is 0.469 e. The van der Waals surface area contributed by atoms with E-state index in [2.05, 4.69) is 0 Å². The van der Waals surface area contributed by atoms with Gasteiger partial charge in [0.1, 0.15) is 0 Å². The lowest BCUT2D eigenvalue weighted by Gasteiger charge is -2.31. The maximum atomic E-state index is 12.8. The second kappa shape index (κ2) is 5.68. The first kappa shape index (κ1) is 15.2. The summed E-state index contributed by atoms with van der Waals surface area (Å²) >= 11 is 5.15. The molecule has 2 N–H and O–H groups in total. The molecular weight excluding hydrogens is 276 g/mol. The standard InChI is InChI=1S/C14H22N2O3S/c1-9-7-16(8-10(9)11(17)19-2)13(18)14(12(15)20)5-3-4-6-14/h9-10H,3-8H2,1-2H3,(H2,15,20). The fourth-order valence-corrected chi connectivity index (χ4v) is 3.73. The van der Waals surface area contributed by atoms with Crippen molar-refractivity contribution in [3.05, 3.63) is 0 Å². The van der Waals surface area contributed by atoms with Crippen LogP contribution in [0, 0.1) is 17.3 Å². The summed E-state index contributed by atoms with van der Waals surface area (Å²) < 4.78 is 4.80. The minimum absolute atomic E-state index is 0.000697. The van der Waals surface area contributed by atoms with Crippen LogP contribution < -0.4 is 5.73 Å². The van der Waals surface area contributed by atoms with E-state index in [0.717, 1.165) is 25.7 Å². The summed E-state index contributed by atoms with van der Waals surface area (Å²) in [7, 11) is 1.38. The monoisotopic (exact) mass is 298 g/mol. The fourth-order valence-electron chi connectivity index (χ4n) is 3.44. The van der Waals surface area contributed by atoms with E-state index < -0.39 is 5.41 Å². The topological polar surface area (TPSA) is 72.6 Å². The Kier molecular flexibility index (Phi) is 4.32. The number of carbonyl (C=O) groups is 2. The molecule has 1 amide bonds. The molecule has 0 aromatic carbocycles. The number of hydrogen-bond donors (Lipinski definition) is 1. The SMILES string of the molecule is COC(=O)C1CN(C(=O)C2(C(N)=S)CCCC2)CC1C. The van der Waals surface area contributed by atoms with Gasteiger partial charge in [0.2, 0.25) is 5.91 Å². The molecular formula is C14H22N2O3S. The highest BCUT2D eigenvalue weighted by molar-refractivity contribution is 7.80. The molecule has 20 heavy (non-hydrogen) atoms. The molecule has 6 heteroatoms. The molecule has 1 heterocycles. The van der Waals surface area contributed by atoms with Gasteiger partial charge in [-0.2, -0.15) is 0 Å². The van der Waals surface area contributed by atoms with Gasteiger partial charge in [0.05, 0.1) is 23.4 Å². The lowest BCUT2D eigenvalue weighted by molar-refractivity contribution is -0.146. The number of amides is 1. The maximum Gasteiger partial charge on any atom is 0.310 e. The summed E-state index contributed by atoms with van der Waals surface area (Å²) in [5.41, 5.74) is 5.17. The van der Waals surface area contributed by atoms with Gasteiger partial charge in [-0.25, -0.2) is 0 Å². The Balaban J connectivity index is 2.14. The van der Waals surface area contributed by atoms with Gasteiger partial charge < -0.3 is 15.4 Å². The van der Waals surface area contributed by atoms with Crippen LogP contribution in [-0.2, 0) is 14.3 Å². The highest BCUT2D eigenvalue weighted by Gasteiger charge is 2.49. The average Bonchev–Trinajstić information content (AvgIpc) is 3.04. The first-order valence-corrected chi connectivity index (χ1v) is 7.50. The van der Waals surface area contributed by atoms with E-state index in [-0.39, 0.29) is 23.7 Å². The molecule has 0 aromatic heterocycles. The number of likely N-dealkylation sites (tertiary alicyclic amines) is 1. The van der Waals surface area contributed by atoms with Gasteiger partial charge in [-0.3, -0.25) is 9.59 Å². The van der Waals surface area contributed by atoms with Gasteiger partial charge in [0.15, 0.2) is 0 Å². The number of methoxy groups -OCH3 is 1. The Bertz CT molecular complexity index is 432.